The van der Waals surface area contributed by atoms with Crippen molar-refractivity contribution in [3.05, 3.63) is 12.4 Å². The van der Waals surface area contributed by atoms with Crippen LogP contribution < -0.4 is 5.46 Å². The Morgan fingerprint density at radius 1 is 1.62 bits per heavy atom. The van der Waals surface area contributed by atoms with E-state index in [-0.39, 0.29) is 6.04 Å². The van der Waals surface area contributed by atoms with Crippen LogP contribution in [-0.4, -0.2) is 40.2 Å². The van der Waals surface area contributed by atoms with E-state index in [4.69, 9.17) is 14.8 Å². The molecule has 2 heterocycles. The van der Waals surface area contributed by atoms with Gasteiger partial charge in [0, 0.05) is 24.5 Å². The fourth-order valence-corrected chi connectivity index (χ4v) is 1.42. The molecule has 70 valence electrons. The lowest BCUT2D eigenvalue weighted by molar-refractivity contribution is 0.184. The number of aromatic nitrogens is 2. The molecule has 6 heteroatoms. The van der Waals surface area contributed by atoms with Crippen molar-refractivity contribution in [3.8, 4) is 0 Å². The van der Waals surface area contributed by atoms with Gasteiger partial charge in [0.05, 0.1) is 12.6 Å². The van der Waals surface area contributed by atoms with Gasteiger partial charge in [0.15, 0.2) is 0 Å². The maximum absolute atomic E-state index is 8.85. The third-order valence-electron chi connectivity index (χ3n) is 2.20. The van der Waals surface area contributed by atoms with Crippen molar-refractivity contribution in [3.63, 3.8) is 0 Å². The van der Waals surface area contributed by atoms with Crippen molar-refractivity contribution in [1.82, 2.24) is 9.78 Å². The van der Waals surface area contributed by atoms with Gasteiger partial charge in [0.2, 0.25) is 0 Å². The molecule has 13 heavy (non-hydrogen) atoms. The van der Waals surface area contributed by atoms with Crippen LogP contribution in [0.1, 0.15) is 12.5 Å². The van der Waals surface area contributed by atoms with Crippen molar-refractivity contribution in [1.29, 1.82) is 0 Å². The summed E-state index contributed by atoms with van der Waals surface area (Å²) in [5.74, 6) is 0. The number of hydrogen-bond acceptors (Lipinski definition) is 4. The van der Waals surface area contributed by atoms with E-state index >= 15 is 0 Å². The molecule has 1 saturated heterocycles. The average molecular weight is 182 g/mol. The zero-order valence-electron chi connectivity index (χ0n) is 7.13. The highest BCUT2D eigenvalue weighted by Gasteiger charge is 2.20. The van der Waals surface area contributed by atoms with Gasteiger partial charge in [0.25, 0.3) is 0 Å². The fourth-order valence-electron chi connectivity index (χ4n) is 1.42. The molecule has 5 nitrogen and oxygen atoms in total. The van der Waals surface area contributed by atoms with Crippen molar-refractivity contribution < 1.29 is 14.8 Å². The largest absolute Gasteiger partial charge is 0.491 e. The van der Waals surface area contributed by atoms with Gasteiger partial charge >= 0.3 is 7.12 Å². The van der Waals surface area contributed by atoms with Gasteiger partial charge in [-0.3, -0.25) is 4.68 Å². The topological polar surface area (TPSA) is 67.5 Å². The Labute approximate surface area is 76.1 Å². The summed E-state index contributed by atoms with van der Waals surface area (Å²) in [5, 5.41) is 21.7. The van der Waals surface area contributed by atoms with E-state index in [9.17, 15) is 0 Å². The zero-order chi connectivity index (χ0) is 9.26. The minimum atomic E-state index is -1.43. The quantitative estimate of drug-likeness (QED) is 0.547. The molecule has 0 aliphatic carbocycles. The molecule has 0 bridgehead atoms. The molecule has 1 atom stereocenters. The maximum Gasteiger partial charge on any atom is 0.491 e. The number of ether oxygens (including phenoxy) is 1. The SMILES string of the molecule is OB(O)c1cnn([C@@H]2CCOC2)c1. The highest BCUT2D eigenvalue weighted by atomic mass is 16.5. The van der Waals surface area contributed by atoms with Gasteiger partial charge in [-0.1, -0.05) is 0 Å². The number of hydrogen-bond donors (Lipinski definition) is 2. The van der Waals surface area contributed by atoms with Crippen LogP contribution in [0.5, 0.6) is 0 Å². The Hall–Kier alpha value is -0.845. The van der Waals surface area contributed by atoms with Crippen molar-refractivity contribution in [2.75, 3.05) is 13.2 Å². The lowest BCUT2D eigenvalue weighted by Gasteiger charge is -2.06. The molecular formula is C7H11BN2O3. The van der Waals surface area contributed by atoms with Gasteiger partial charge in [0.1, 0.15) is 0 Å². The first-order valence-corrected chi connectivity index (χ1v) is 4.25. The summed E-state index contributed by atoms with van der Waals surface area (Å²) in [5.41, 5.74) is 0.423. The second-order valence-corrected chi connectivity index (χ2v) is 3.14. The maximum atomic E-state index is 8.85. The van der Waals surface area contributed by atoms with Gasteiger partial charge in [-0.15, -0.1) is 0 Å². The normalized spacial score (nSPS) is 22.2. The standard InChI is InChI=1S/C7H11BN2O3/c11-8(12)6-3-9-10(4-6)7-1-2-13-5-7/h3-4,7,11-12H,1-2,5H2/t7-/m1/s1. The smallest absolute Gasteiger partial charge is 0.423 e. The van der Waals surface area contributed by atoms with Crippen molar-refractivity contribution in [2.45, 2.75) is 12.5 Å². The second-order valence-electron chi connectivity index (χ2n) is 3.14. The predicted molar refractivity (Wildman–Crippen MR) is 46.5 cm³/mol. The monoisotopic (exact) mass is 182 g/mol. The third kappa shape index (κ3) is 1.74. The van der Waals surface area contributed by atoms with Crippen LogP contribution in [0.3, 0.4) is 0 Å². The van der Waals surface area contributed by atoms with Crippen LogP contribution in [0.4, 0.5) is 0 Å². The third-order valence-corrected chi connectivity index (χ3v) is 2.20. The molecule has 0 spiro atoms. The van der Waals surface area contributed by atoms with Crippen LogP contribution in [0.15, 0.2) is 12.4 Å². The lowest BCUT2D eigenvalue weighted by atomic mass is 9.83. The average Bonchev–Trinajstić information content (AvgIpc) is 2.75. The van der Waals surface area contributed by atoms with Gasteiger partial charge < -0.3 is 14.8 Å². The molecule has 1 aromatic rings. The molecule has 1 aromatic heterocycles. The van der Waals surface area contributed by atoms with E-state index in [1.165, 1.54) is 6.20 Å². The van der Waals surface area contributed by atoms with Gasteiger partial charge in [-0.2, -0.15) is 5.10 Å². The first kappa shape index (κ1) is 8.74. The summed E-state index contributed by atoms with van der Waals surface area (Å²) in [6.07, 6.45) is 4.04. The molecule has 2 rings (SSSR count). The molecule has 0 amide bonds. The molecular weight excluding hydrogens is 171 g/mol. The zero-order valence-corrected chi connectivity index (χ0v) is 7.13. The van der Waals surface area contributed by atoms with E-state index in [1.54, 1.807) is 10.9 Å². The molecule has 0 aromatic carbocycles. The van der Waals surface area contributed by atoms with Crippen molar-refractivity contribution in [2.24, 2.45) is 0 Å². The molecule has 0 unspecified atom stereocenters. The van der Waals surface area contributed by atoms with Crippen LogP contribution in [0.2, 0.25) is 0 Å². The van der Waals surface area contributed by atoms with Gasteiger partial charge in [-0.05, 0) is 6.42 Å². The Bertz CT molecular complexity index is 283. The Morgan fingerprint density at radius 3 is 3.00 bits per heavy atom. The molecule has 1 aliphatic rings. The Morgan fingerprint density at radius 2 is 2.46 bits per heavy atom. The Balaban J connectivity index is 2.12. The summed E-state index contributed by atoms with van der Waals surface area (Å²) in [6.45, 7) is 1.41. The van der Waals surface area contributed by atoms with E-state index < -0.39 is 7.12 Å². The lowest BCUT2D eigenvalue weighted by Crippen LogP contribution is -2.28. The summed E-state index contributed by atoms with van der Waals surface area (Å²) in [7, 11) is -1.43. The van der Waals surface area contributed by atoms with Crippen molar-refractivity contribution >= 4 is 12.6 Å². The number of rotatable bonds is 2. The molecule has 1 fully saturated rings. The van der Waals surface area contributed by atoms with Crippen LogP contribution in [0, 0.1) is 0 Å². The minimum absolute atomic E-state index is 0.243. The molecule has 0 saturated carbocycles. The molecule has 1 aliphatic heterocycles. The summed E-state index contributed by atoms with van der Waals surface area (Å²) >= 11 is 0. The minimum Gasteiger partial charge on any atom is -0.423 e. The second kappa shape index (κ2) is 3.49. The van der Waals surface area contributed by atoms with Crippen LogP contribution in [-0.2, 0) is 4.74 Å². The van der Waals surface area contributed by atoms with E-state index in [2.05, 4.69) is 5.10 Å². The fraction of sp³-hybridized carbons (Fsp3) is 0.571. The Kier molecular flexibility index (Phi) is 2.35. The summed E-state index contributed by atoms with van der Waals surface area (Å²) in [6, 6.07) is 0.243. The summed E-state index contributed by atoms with van der Waals surface area (Å²) in [4.78, 5) is 0. The molecule has 2 N–H and O–H groups in total. The van der Waals surface area contributed by atoms with E-state index in [0.717, 1.165) is 13.0 Å². The number of nitrogens with zero attached hydrogens (tertiary/aromatic N) is 2. The van der Waals surface area contributed by atoms with Crippen LogP contribution >= 0.6 is 0 Å². The summed E-state index contributed by atoms with van der Waals surface area (Å²) < 4.78 is 6.92. The highest BCUT2D eigenvalue weighted by Crippen LogP contribution is 2.16. The highest BCUT2D eigenvalue weighted by molar-refractivity contribution is 6.58. The molecule has 0 radical (unpaired) electrons. The van der Waals surface area contributed by atoms with E-state index in [1.807, 2.05) is 0 Å². The predicted octanol–water partition coefficient (Wildman–Crippen LogP) is -1.48. The van der Waals surface area contributed by atoms with Crippen LogP contribution in [0.25, 0.3) is 0 Å². The first-order chi connectivity index (χ1) is 6.27. The van der Waals surface area contributed by atoms with E-state index in [0.29, 0.717) is 12.1 Å². The van der Waals surface area contributed by atoms with Gasteiger partial charge in [-0.25, -0.2) is 0 Å². The first-order valence-electron chi connectivity index (χ1n) is 4.25.